The van der Waals surface area contributed by atoms with Crippen LogP contribution in [0.3, 0.4) is 0 Å². The molecule has 1 saturated carbocycles. The van der Waals surface area contributed by atoms with E-state index in [0.29, 0.717) is 17.8 Å². The van der Waals surface area contributed by atoms with Crippen molar-refractivity contribution in [2.75, 3.05) is 16.3 Å². The number of rotatable bonds is 5. The van der Waals surface area contributed by atoms with Crippen LogP contribution in [0.4, 0.5) is 11.4 Å². The smallest absolute Gasteiger partial charge is 0.229 e. The summed E-state index contributed by atoms with van der Waals surface area (Å²) in [6.07, 6.45) is 4.44. The molecular formula is C14H22ClN3O3S. The van der Waals surface area contributed by atoms with E-state index in [-0.39, 0.29) is 30.3 Å². The molecule has 0 unspecified atom stereocenters. The molecule has 22 heavy (non-hydrogen) atoms. The van der Waals surface area contributed by atoms with Crippen molar-refractivity contribution < 1.29 is 13.2 Å². The van der Waals surface area contributed by atoms with Crippen molar-refractivity contribution in [3.8, 4) is 0 Å². The van der Waals surface area contributed by atoms with Gasteiger partial charge in [0, 0.05) is 12.5 Å². The van der Waals surface area contributed by atoms with Crippen LogP contribution in [-0.4, -0.2) is 26.6 Å². The number of para-hydroxylation sites is 2. The van der Waals surface area contributed by atoms with Gasteiger partial charge in [-0.25, -0.2) is 8.42 Å². The molecule has 0 spiro atoms. The third-order valence-electron chi connectivity index (χ3n) is 3.66. The number of benzene rings is 1. The maximum atomic E-state index is 12.1. The lowest BCUT2D eigenvalue weighted by molar-refractivity contribution is -0.117. The number of amides is 1. The van der Waals surface area contributed by atoms with Gasteiger partial charge in [0.2, 0.25) is 15.9 Å². The van der Waals surface area contributed by atoms with Crippen molar-refractivity contribution in [3.05, 3.63) is 24.3 Å². The molecule has 0 aromatic heterocycles. The number of carbonyl (C=O) groups is 1. The standard InChI is InChI=1S/C14H21N3O3S.ClH/c1-21(19,20)17-13-8-3-2-7-12(13)16-14(18)9-10-5-4-6-11(10)15;/h2-3,7-8,10-11,17H,4-6,9,15H2,1H3,(H,16,18);1H/t10-,11+;/m0./s1. The van der Waals surface area contributed by atoms with Gasteiger partial charge in [0.05, 0.1) is 17.6 Å². The third kappa shape index (κ3) is 5.47. The van der Waals surface area contributed by atoms with E-state index in [1.54, 1.807) is 24.3 Å². The van der Waals surface area contributed by atoms with Crippen LogP contribution in [0.15, 0.2) is 24.3 Å². The fourth-order valence-corrected chi connectivity index (χ4v) is 3.22. The Balaban J connectivity index is 0.00000242. The number of anilines is 2. The highest BCUT2D eigenvalue weighted by atomic mass is 35.5. The summed E-state index contributed by atoms with van der Waals surface area (Å²) in [6, 6.07) is 6.80. The summed E-state index contributed by atoms with van der Waals surface area (Å²) in [5, 5.41) is 2.76. The highest BCUT2D eigenvalue weighted by Gasteiger charge is 2.26. The molecule has 2 atom stereocenters. The lowest BCUT2D eigenvalue weighted by Gasteiger charge is -2.16. The molecule has 0 radical (unpaired) electrons. The van der Waals surface area contributed by atoms with E-state index in [4.69, 9.17) is 5.73 Å². The lowest BCUT2D eigenvalue weighted by atomic mass is 10.00. The number of hydrogen-bond acceptors (Lipinski definition) is 4. The molecule has 1 amide bonds. The zero-order valence-corrected chi connectivity index (χ0v) is 14.0. The summed E-state index contributed by atoms with van der Waals surface area (Å²) >= 11 is 0. The summed E-state index contributed by atoms with van der Waals surface area (Å²) in [7, 11) is -3.39. The van der Waals surface area contributed by atoms with Crippen LogP contribution in [0.2, 0.25) is 0 Å². The predicted molar refractivity (Wildman–Crippen MR) is 90.7 cm³/mol. The van der Waals surface area contributed by atoms with Crippen molar-refractivity contribution in [2.45, 2.75) is 31.7 Å². The quantitative estimate of drug-likeness (QED) is 0.757. The Kier molecular flexibility index (Phi) is 6.65. The van der Waals surface area contributed by atoms with Crippen molar-refractivity contribution in [3.63, 3.8) is 0 Å². The van der Waals surface area contributed by atoms with E-state index in [1.807, 2.05) is 0 Å². The van der Waals surface area contributed by atoms with Crippen LogP contribution in [0.1, 0.15) is 25.7 Å². The fraction of sp³-hybridized carbons (Fsp3) is 0.500. The molecule has 8 heteroatoms. The first kappa shape index (κ1) is 18.7. The van der Waals surface area contributed by atoms with Crippen LogP contribution in [-0.2, 0) is 14.8 Å². The van der Waals surface area contributed by atoms with E-state index >= 15 is 0 Å². The molecule has 1 aliphatic carbocycles. The molecule has 1 aromatic rings. The van der Waals surface area contributed by atoms with Gasteiger partial charge in [-0.1, -0.05) is 18.6 Å². The molecule has 1 aromatic carbocycles. The molecule has 0 heterocycles. The number of carbonyl (C=O) groups excluding carboxylic acids is 1. The van der Waals surface area contributed by atoms with E-state index in [0.717, 1.165) is 25.5 Å². The minimum atomic E-state index is -3.39. The topological polar surface area (TPSA) is 101 Å². The monoisotopic (exact) mass is 347 g/mol. The maximum absolute atomic E-state index is 12.1. The van der Waals surface area contributed by atoms with E-state index in [9.17, 15) is 13.2 Å². The van der Waals surface area contributed by atoms with E-state index < -0.39 is 10.0 Å². The number of hydrogen-bond donors (Lipinski definition) is 3. The van der Waals surface area contributed by atoms with Crippen LogP contribution in [0.25, 0.3) is 0 Å². The van der Waals surface area contributed by atoms with Gasteiger partial charge in [-0.15, -0.1) is 12.4 Å². The first-order valence-corrected chi connectivity index (χ1v) is 8.86. The summed E-state index contributed by atoms with van der Waals surface area (Å²) < 4.78 is 25.0. The maximum Gasteiger partial charge on any atom is 0.229 e. The summed E-state index contributed by atoms with van der Waals surface area (Å²) in [5.41, 5.74) is 6.78. The number of sulfonamides is 1. The normalized spacial score (nSPS) is 21.0. The summed E-state index contributed by atoms with van der Waals surface area (Å²) in [4.78, 5) is 12.1. The van der Waals surface area contributed by atoms with Crippen molar-refractivity contribution in [2.24, 2.45) is 11.7 Å². The molecule has 2 rings (SSSR count). The first-order valence-electron chi connectivity index (χ1n) is 6.97. The van der Waals surface area contributed by atoms with Crippen LogP contribution in [0.5, 0.6) is 0 Å². The van der Waals surface area contributed by atoms with E-state index in [1.165, 1.54) is 0 Å². The molecular weight excluding hydrogens is 326 g/mol. The second-order valence-corrected chi connectivity index (χ2v) is 7.28. The van der Waals surface area contributed by atoms with Crippen LogP contribution >= 0.6 is 12.4 Å². The second-order valence-electron chi connectivity index (χ2n) is 5.53. The fourth-order valence-electron chi connectivity index (χ4n) is 2.64. The Hall–Kier alpha value is -1.31. The highest BCUT2D eigenvalue weighted by Crippen LogP contribution is 2.28. The molecule has 1 aliphatic rings. The van der Waals surface area contributed by atoms with Gasteiger partial charge in [0.1, 0.15) is 0 Å². The zero-order valence-electron chi connectivity index (χ0n) is 12.4. The lowest BCUT2D eigenvalue weighted by Crippen LogP contribution is -2.28. The average Bonchev–Trinajstić information content (AvgIpc) is 2.76. The Morgan fingerprint density at radius 3 is 2.45 bits per heavy atom. The average molecular weight is 348 g/mol. The van der Waals surface area contributed by atoms with Gasteiger partial charge >= 0.3 is 0 Å². The number of halogens is 1. The summed E-state index contributed by atoms with van der Waals surface area (Å²) in [6.45, 7) is 0. The number of nitrogens with two attached hydrogens (primary N) is 1. The highest BCUT2D eigenvalue weighted by molar-refractivity contribution is 7.92. The minimum absolute atomic E-state index is 0. The largest absolute Gasteiger partial charge is 0.327 e. The van der Waals surface area contributed by atoms with Gasteiger partial charge in [-0.05, 0) is 30.9 Å². The second kappa shape index (κ2) is 7.80. The SMILES string of the molecule is CS(=O)(=O)Nc1ccccc1NC(=O)C[C@@H]1CCC[C@H]1N.Cl. The van der Waals surface area contributed by atoms with Crippen molar-refractivity contribution in [1.82, 2.24) is 0 Å². The molecule has 0 saturated heterocycles. The van der Waals surface area contributed by atoms with Gasteiger partial charge in [0.15, 0.2) is 0 Å². The van der Waals surface area contributed by atoms with Crippen molar-refractivity contribution >= 4 is 39.7 Å². The third-order valence-corrected chi connectivity index (χ3v) is 4.25. The predicted octanol–water partition coefficient (Wildman–Crippen LogP) is 1.94. The minimum Gasteiger partial charge on any atom is -0.327 e. The molecule has 0 aliphatic heterocycles. The van der Waals surface area contributed by atoms with Crippen LogP contribution < -0.4 is 15.8 Å². The van der Waals surface area contributed by atoms with Gasteiger partial charge in [0.25, 0.3) is 0 Å². The molecule has 4 N–H and O–H groups in total. The van der Waals surface area contributed by atoms with E-state index in [2.05, 4.69) is 10.0 Å². The Bertz CT molecular complexity index is 622. The van der Waals surface area contributed by atoms with Gasteiger partial charge in [-0.2, -0.15) is 0 Å². The van der Waals surface area contributed by atoms with Gasteiger partial charge in [-0.3, -0.25) is 9.52 Å². The first-order chi connectivity index (χ1) is 9.85. The molecule has 0 bridgehead atoms. The Labute approximate surface area is 137 Å². The molecule has 1 fully saturated rings. The molecule has 6 nitrogen and oxygen atoms in total. The Morgan fingerprint density at radius 1 is 1.27 bits per heavy atom. The molecule has 124 valence electrons. The summed E-state index contributed by atoms with van der Waals surface area (Å²) in [5.74, 6) is 0.0696. The van der Waals surface area contributed by atoms with Crippen LogP contribution in [0, 0.1) is 5.92 Å². The number of nitrogens with one attached hydrogen (secondary N) is 2. The zero-order chi connectivity index (χ0) is 15.5. The van der Waals surface area contributed by atoms with Crippen molar-refractivity contribution in [1.29, 1.82) is 0 Å². The Morgan fingerprint density at radius 2 is 1.91 bits per heavy atom. The van der Waals surface area contributed by atoms with Gasteiger partial charge < -0.3 is 11.1 Å².